The van der Waals surface area contributed by atoms with Crippen molar-refractivity contribution in [2.45, 2.75) is 85.9 Å². The lowest BCUT2D eigenvalue weighted by Gasteiger charge is -2.30. The molecule has 3 atom stereocenters. The second kappa shape index (κ2) is 21.0. The number of amides is 4. The number of carbonyl (C=O) groups is 5. The maximum Gasteiger partial charge on any atom is 0.272 e. The number of carbonyl (C=O) groups excluding carboxylic acids is 5. The SMILES string of the molecule is CNC(=O)[C@@H](NC(=O)c1nc(Br)n2c1CN(C)CC2)C(C)(C)C.CNC(=O)[C@@H](NC(=O)c1nc(C(O)c2ccccc2)n2c1CN(C)CC2)C(C)(C)C.O=Cc1ccccc1. The minimum atomic E-state index is -0.938. The van der Waals surface area contributed by atoms with E-state index in [1.165, 1.54) is 0 Å². The number of halogens is 1. The van der Waals surface area contributed by atoms with Gasteiger partial charge in [-0.2, -0.15) is 0 Å². The number of likely N-dealkylation sites (N-methyl/N-ethyl adjacent to an activating group) is 4. The van der Waals surface area contributed by atoms with Gasteiger partial charge in [0.15, 0.2) is 16.1 Å². The lowest BCUT2D eigenvalue weighted by molar-refractivity contribution is -0.125. The average molecular weight is 906 g/mol. The zero-order valence-corrected chi connectivity index (χ0v) is 38.5. The van der Waals surface area contributed by atoms with Crippen molar-refractivity contribution < 1.29 is 29.1 Å². The molecule has 61 heavy (non-hydrogen) atoms. The first-order valence-corrected chi connectivity index (χ1v) is 21.0. The Labute approximate surface area is 367 Å². The number of aliphatic hydroxyl groups is 1. The standard InChI is InChI=1S/C22H31N5O3.C15H24BrN5O2.C7H6O/c1-22(2,3)18(21(30)23-4)25-20(29)16-15-13-26(5)11-12-27(15)19(24-16)17(28)14-9-7-6-8-10-14;1-15(2,3)11(13(23)17-4)19-12(22)10-9-8-20(5)6-7-21(9)14(16)18-10;8-6-7-4-2-1-3-5-7/h6-10,17-18,28H,11-13H2,1-5H3,(H,23,30)(H,25,29);11H,6-8H2,1-5H3,(H,17,23)(H,19,22);1-6H/t17?,18-;11-;/m11./s1. The summed E-state index contributed by atoms with van der Waals surface area (Å²) in [5.41, 5.74) is 2.82. The summed E-state index contributed by atoms with van der Waals surface area (Å²) in [6.45, 7) is 15.7. The topological polar surface area (TPSA) is 196 Å². The first kappa shape index (κ1) is 48.4. The van der Waals surface area contributed by atoms with Crippen molar-refractivity contribution in [3.05, 3.63) is 105 Å². The molecular weight excluding hydrogens is 844 g/mol. The summed E-state index contributed by atoms with van der Waals surface area (Å²) in [5, 5.41) is 21.9. The van der Waals surface area contributed by atoms with Gasteiger partial charge >= 0.3 is 0 Å². The third-order valence-corrected chi connectivity index (χ3v) is 11.0. The molecule has 0 aliphatic carbocycles. The van der Waals surface area contributed by atoms with E-state index in [9.17, 15) is 29.1 Å². The van der Waals surface area contributed by atoms with Gasteiger partial charge in [0, 0.05) is 58.9 Å². The van der Waals surface area contributed by atoms with Gasteiger partial charge in [-0.3, -0.25) is 33.8 Å². The smallest absolute Gasteiger partial charge is 0.272 e. The molecule has 5 N–H and O–H groups in total. The summed E-state index contributed by atoms with van der Waals surface area (Å²) < 4.78 is 4.58. The fourth-order valence-corrected chi connectivity index (χ4v) is 7.47. The lowest BCUT2D eigenvalue weighted by atomic mass is 9.86. The van der Waals surface area contributed by atoms with E-state index in [1.807, 2.05) is 113 Å². The molecule has 330 valence electrons. The molecule has 2 aliphatic rings. The van der Waals surface area contributed by atoms with Crippen molar-refractivity contribution in [3.8, 4) is 0 Å². The maximum absolute atomic E-state index is 13.2. The van der Waals surface area contributed by atoms with E-state index in [0.29, 0.717) is 41.4 Å². The van der Waals surface area contributed by atoms with E-state index in [2.05, 4.69) is 57.0 Å². The van der Waals surface area contributed by atoms with Crippen LogP contribution in [0.2, 0.25) is 0 Å². The van der Waals surface area contributed by atoms with E-state index in [1.54, 1.807) is 26.2 Å². The fraction of sp³-hybridized carbons (Fsp3) is 0.477. The highest BCUT2D eigenvalue weighted by Gasteiger charge is 2.37. The van der Waals surface area contributed by atoms with Crippen LogP contribution in [0.15, 0.2) is 65.4 Å². The van der Waals surface area contributed by atoms with Gasteiger partial charge in [-0.1, -0.05) is 102 Å². The van der Waals surface area contributed by atoms with Gasteiger partial charge < -0.3 is 35.5 Å². The zero-order valence-electron chi connectivity index (χ0n) is 36.9. The number of imidazole rings is 2. The second-order valence-electron chi connectivity index (χ2n) is 17.3. The van der Waals surface area contributed by atoms with E-state index in [-0.39, 0.29) is 23.4 Å². The van der Waals surface area contributed by atoms with Crippen LogP contribution in [0.1, 0.15) is 102 Å². The maximum atomic E-state index is 13.2. The molecule has 4 amide bonds. The van der Waals surface area contributed by atoms with Crippen molar-refractivity contribution in [1.29, 1.82) is 0 Å². The highest BCUT2D eigenvalue weighted by molar-refractivity contribution is 9.10. The fourth-order valence-electron chi connectivity index (χ4n) is 6.90. The Bertz CT molecular complexity index is 2140. The normalized spacial score (nSPS) is 15.5. The Morgan fingerprint density at radius 1 is 0.689 bits per heavy atom. The van der Waals surface area contributed by atoms with Gasteiger partial charge in [0.05, 0.1) is 11.4 Å². The number of aldehydes is 1. The number of fused-ring (bicyclic) bond motifs is 2. The average Bonchev–Trinajstić information content (AvgIpc) is 3.77. The van der Waals surface area contributed by atoms with Crippen molar-refractivity contribution in [2.24, 2.45) is 10.8 Å². The van der Waals surface area contributed by atoms with E-state index in [4.69, 9.17) is 0 Å². The van der Waals surface area contributed by atoms with Crippen molar-refractivity contribution in [3.63, 3.8) is 0 Å². The van der Waals surface area contributed by atoms with Gasteiger partial charge in [-0.25, -0.2) is 9.97 Å². The first-order chi connectivity index (χ1) is 28.7. The largest absolute Gasteiger partial charge is 0.380 e. The van der Waals surface area contributed by atoms with Crippen LogP contribution in [0.3, 0.4) is 0 Å². The van der Waals surface area contributed by atoms with E-state index >= 15 is 0 Å². The molecule has 0 fully saturated rings. The highest BCUT2D eigenvalue weighted by Crippen LogP contribution is 2.28. The molecule has 0 spiro atoms. The number of aliphatic hydroxyl groups excluding tert-OH is 1. The van der Waals surface area contributed by atoms with Crippen LogP contribution >= 0.6 is 15.9 Å². The molecule has 2 aromatic carbocycles. The highest BCUT2D eigenvalue weighted by atomic mass is 79.9. The summed E-state index contributed by atoms with van der Waals surface area (Å²) in [6.07, 6.45) is -0.104. The molecular formula is C44H61BrN10O6. The molecule has 4 heterocycles. The van der Waals surface area contributed by atoms with E-state index in [0.717, 1.165) is 42.9 Å². The van der Waals surface area contributed by atoms with Crippen molar-refractivity contribution in [2.75, 3.05) is 41.3 Å². The Hall–Kier alpha value is -5.23. The zero-order chi connectivity index (χ0) is 45.2. The second-order valence-corrected chi connectivity index (χ2v) is 18.0. The van der Waals surface area contributed by atoms with Crippen LogP contribution in [-0.2, 0) is 35.8 Å². The molecule has 6 rings (SSSR count). The minimum absolute atomic E-state index is 0.213. The van der Waals surface area contributed by atoms with Crippen LogP contribution in [-0.4, -0.2) is 117 Å². The van der Waals surface area contributed by atoms with Crippen LogP contribution < -0.4 is 21.3 Å². The van der Waals surface area contributed by atoms with Crippen LogP contribution in [0, 0.1) is 10.8 Å². The van der Waals surface area contributed by atoms with Crippen LogP contribution in [0.4, 0.5) is 0 Å². The molecule has 2 aromatic heterocycles. The summed E-state index contributed by atoms with van der Waals surface area (Å²) in [6, 6.07) is 17.0. The summed E-state index contributed by atoms with van der Waals surface area (Å²) in [7, 11) is 7.11. The minimum Gasteiger partial charge on any atom is -0.380 e. The summed E-state index contributed by atoms with van der Waals surface area (Å²) in [4.78, 5) is 73.6. The number of hydrogen-bond donors (Lipinski definition) is 5. The Balaban J connectivity index is 0.000000232. The number of benzene rings is 2. The number of aromatic nitrogens is 4. The third-order valence-electron chi connectivity index (χ3n) is 10.4. The molecule has 0 bridgehead atoms. The summed E-state index contributed by atoms with van der Waals surface area (Å²) >= 11 is 3.41. The lowest BCUT2D eigenvalue weighted by Crippen LogP contribution is -2.53. The monoisotopic (exact) mass is 904 g/mol. The predicted octanol–water partition coefficient (Wildman–Crippen LogP) is 3.78. The summed E-state index contributed by atoms with van der Waals surface area (Å²) in [5.74, 6) is -0.759. The number of rotatable bonds is 9. The van der Waals surface area contributed by atoms with Gasteiger partial charge in [0.25, 0.3) is 11.8 Å². The van der Waals surface area contributed by atoms with Crippen LogP contribution in [0.5, 0.6) is 0 Å². The molecule has 17 heteroatoms. The first-order valence-electron chi connectivity index (χ1n) is 20.2. The molecule has 0 saturated carbocycles. The Morgan fingerprint density at radius 3 is 1.54 bits per heavy atom. The quantitative estimate of drug-likeness (QED) is 0.154. The van der Waals surface area contributed by atoms with Gasteiger partial charge in [0.1, 0.15) is 30.3 Å². The van der Waals surface area contributed by atoms with Crippen molar-refractivity contribution in [1.82, 2.24) is 50.2 Å². The molecule has 16 nitrogen and oxygen atoms in total. The van der Waals surface area contributed by atoms with Gasteiger partial charge in [-0.15, -0.1) is 0 Å². The molecule has 1 unspecified atom stereocenters. The van der Waals surface area contributed by atoms with Crippen molar-refractivity contribution >= 4 is 45.8 Å². The molecule has 2 aliphatic heterocycles. The molecule has 0 radical (unpaired) electrons. The Morgan fingerprint density at radius 2 is 1.11 bits per heavy atom. The third kappa shape index (κ3) is 12.4. The number of nitrogens with zero attached hydrogens (tertiary/aromatic N) is 6. The molecule has 4 aromatic rings. The van der Waals surface area contributed by atoms with E-state index < -0.39 is 34.9 Å². The predicted molar refractivity (Wildman–Crippen MR) is 237 cm³/mol. The molecule has 0 saturated heterocycles. The Kier molecular flexibility index (Phi) is 16.7. The number of nitrogens with one attached hydrogen (secondary N) is 4. The van der Waals surface area contributed by atoms with Gasteiger partial charge in [-0.05, 0) is 46.4 Å². The number of hydrogen-bond acceptors (Lipinski definition) is 10. The van der Waals surface area contributed by atoms with Crippen LogP contribution in [0.25, 0.3) is 0 Å². The van der Waals surface area contributed by atoms with Gasteiger partial charge in [0.2, 0.25) is 11.8 Å².